The third kappa shape index (κ3) is 3.76. The van der Waals surface area contributed by atoms with Crippen LogP contribution in [0.1, 0.15) is 35.7 Å². The quantitative estimate of drug-likeness (QED) is 0.806. The Morgan fingerprint density at radius 2 is 2.19 bits per heavy atom. The second-order valence-corrected chi connectivity index (χ2v) is 5.71. The van der Waals surface area contributed by atoms with Crippen molar-refractivity contribution in [3.05, 3.63) is 34.3 Å². The maximum absolute atomic E-state index is 12.5. The van der Waals surface area contributed by atoms with Crippen LogP contribution in [0.3, 0.4) is 0 Å². The number of esters is 1. The molecule has 1 heterocycles. The molecule has 0 spiro atoms. The number of carbonyl (C=O) groups is 2. The molecule has 0 aliphatic carbocycles. The van der Waals surface area contributed by atoms with Gasteiger partial charge >= 0.3 is 5.97 Å². The molecule has 114 valence electrons. The summed E-state index contributed by atoms with van der Waals surface area (Å²) in [6.45, 7) is 5.15. The zero-order valence-electron chi connectivity index (χ0n) is 12.4. The van der Waals surface area contributed by atoms with E-state index in [4.69, 9.17) is 16.3 Å². The number of amides is 1. The molecule has 4 nitrogen and oxygen atoms in total. The summed E-state index contributed by atoms with van der Waals surface area (Å²) >= 11 is 5.98. The number of ether oxygens (including phenoxy) is 1. The highest BCUT2D eigenvalue weighted by molar-refractivity contribution is 6.31. The number of hydrogen-bond donors (Lipinski definition) is 0. The van der Waals surface area contributed by atoms with Gasteiger partial charge in [-0.2, -0.15) is 0 Å². The molecular weight excluding hydrogens is 290 g/mol. The van der Waals surface area contributed by atoms with Crippen molar-refractivity contribution in [3.63, 3.8) is 0 Å². The Hall–Kier alpha value is -1.55. The summed E-state index contributed by atoms with van der Waals surface area (Å²) < 4.78 is 5.06. The summed E-state index contributed by atoms with van der Waals surface area (Å²) in [5, 5.41) is 0.648. The van der Waals surface area contributed by atoms with Crippen LogP contribution < -0.4 is 0 Å². The van der Waals surface area contributed by atoms with Gasteiger partial charge in [0.1, 0.15) is 0 Å². The van der Waals surface area contributed by atoms with E-state index in [9.17, 15) is 9.59 Å². The average Bonchev–Trinajstić information content (AvgIpc) is 2.49. The molecule has 1 aliphatic heterocycles. The molecule has 1 saturated heterocycles. The van der Waals surface area contributed by atoms with E-state index in [0.717, 1.165) is 18.4 Å². The van der Waals surface area contributed by atoms with Gasteiger partial charge in [-0.3, -0.25) is 9.59 Å². The highest BCUT2D eigenvalue weighted by Crippen LogP contribution is 2.22. The lowest BCUT2D eigenvalue weighted by atomic mass is 9.97. The minimum atomic E-state index is -0.212. The number of benzene rings is 1. The van der Waals surface area contributed by atoms with E-state index in [1.54, 1.807) is 30.0 Å². The van der Waals surface area contributed by atoms with Crippen molar-refractivity contribution in [2.24, 2.45) is 5.92 Å². The summed E-state index contributed by atoms with van der Waals surface area (Å²) in [7, 11) is 0. The molecule has 2 rings (SSSR count). The van der Waals surface area contributed by atoms with E-state index >= 15 is 0 Å². The number of halogens is 1. The molecule has 0 bridgehead atoms. The van der Waals surface area contributed by atoms with E-state index in [1.807, 2.05) is 6.92 Å². The van der Waals surface area contributed by atoms with E-state index in [0.29, 0.717) is 30.3 Å². The maximum atomic E-state index is 12.5. The largest absolute Gasteiger partial charge is 0.466 e. The van der Waals surface area contributed by atoms with Crippen LogP contribution in [0, 0.1) is 12.8 Å². The van der Waals surface area contributed by atoms with Gasteiger partial charge in [-0.15, -0.1) is 0 Å². The molecule has 1 aromatic carbocycles. The van der Waals surface area contributed by atoms with E-state index in [1.165, 1.54) is 0 Å². The van der Waals surface area contributed by atoms with Gasteiger partial charge in [0.15, 0.2) is 0 Å². The number of hydrogen-bond acceptors (Lipinski definition) is 3. The van der Waals surface area contributed by atoms with Crippen molar-refractivity contribution in [1.29, 1.82) is 0 Å². The Morgan fingerprint density at radius 3 is 2.86 bits per heavy atom. The van der Waals surface area contributed by atoms with Crippen molar-refractivity contribution >= 4 is 23.5 Å². The molecule has 1 aliphatic rings. The van der Waals surface area contributed by atoms with Gasteiger partial charge in [-0.1, -0.05) is 11.6 Å². The van der Waals surface area contributed by atoms with Gasteiger partial charge < -0.3 is 9.64 Å². The molecule has 0 N–H and O–H groups in total. The van der Waals surface area contributed by atoms with Gasteiger partial charge in [0.25, 0.3) is 5.91 Å². The highest BCUT2D eigenvalue weighted by atomic mass is 35.5. The van der Waals surface area contributed by atoms with Crippen LogP contribution in [0.5, 0.6) is 0 Å². The molecular formula is C16H20ClNO3. The van der Waals surface area contributed by atoms with Gasteiger partial charge in [0.05, 0.1) is 12.5 Å². The summed E-state index contributed by atoms with van der Waals surface area (Å²) in [6, 6.07) is 5.25. The van der Waals surface area contributed by atoms with Crippen molar-refractivity contribution in [2.75, 3.05) is 19.7 Å². The van der Waals surface area contributed by atoms with Crippen molar-refractivity contribution in [1.82, 2.24) is 4.90 Å². The molecule has 0 unspecified atom stereocenters. The molecule has 1 aromatic rings. The molecule has 0 aromatic heterocycles. The second kappa shape index (κ2) is 6.94. The summed E-state index contributed by atoms with van der Waals surface area (Å²) in [4.78, 5) is 26.1. The van der Waals surface area contributed by atoms with E-state index in [2.05, 4.69) is 0 Å². The Morgan fingerprint density at radius 1 is 1.43 bits per heavy atom. The fraction of sp³-hybridized carbons (Fsp3) is 0.500. The van der Waals surface area contributed by atoms with E-state index < -0.39 is 0 Å². The van der Waals surface area contributed by atoms with Crippen molar-refractivity contribution in [3.8, 4) is 0 Å². The van der Waals surface area contributed by atoms with Gasteiger partial charge in [0.2, 0.25) is 0 Å². The standard InChI is InChI=1S/C16H20ClNO3/c1-3-21-16(20)13-5-4-8-18(10-13)15(19)12-6-7-14(17)11(2)9-12/h6-7,9,13H,3-5,8,10H2,1-2H3/t13-/m1/s1. The second-order valence-electron chi connectivity index (χ2n) is 5.31. The molecule has 1 fully saturated rings. The fourth-order valence-electron chi connectivity index (χ4n) is 2.57. The summed E-state index contributed by atoms with van der Waals surface area (Å²) in [5.41, 5.74) is 1.49. The Labute approximate surface area is 130 Å². The number of rotatable bonds is 3. The number of nitrogens with zero attached hydrogens (tertiary/aromatic N) is 1. The average molecular weight is 310 g/mol. The minimum Gasteiger partial charge on any atom is -0.466 e. The predicted molar refractivity (Wildman–Crippen MR) is 81.4 cm³/mol. The van der Waals surface area contributed by atoms with Crippen LogP contribution in [-0.2, 0) is 9.53 Å². The molecule has 21 heavy (non-hydrogen) atoms. The monoisotopic (exact) mass is 309 g/mol. The van der Waals surface area contributed by atoms with Crippen LogP contribution >= 0.6 is 11.6 Å². The maximum Gasteiger partial charge on any atom is 0.310 e. The number of carbonyl (C=O) groups excluding carboxylic acids is 2. The SMILES string of the molecule is CCOC(=O)[C@@H]1CCCN(C(=O)c2ccc(Cl)c(C)c2)C1. The number of piperidine rings is 1. The van der Waals surface area contributed by atoms with Gasteiger partial charge in [0, 0.05) is 23.7 Å². The van der Waals surface area contributed by atoms with Crippen LogP contribution in [-0.4, -0.2) is 36.5 Å². The zero-order chi connectivity index (χ0) is 15.4. The highest BCUT2D eigenvalue weighted by Gasteiger charge is 2.29. The van der Waals surface area contributed by atoms with Crippen LogP contribution in [0.25, 0.3) is 0 Å². The topological polar surface area (TPSA) is 46.6 Å². The zero-order valence-corrected chi connectivity index (χ0v) is 13.2. The van der Waals surface area contributed by atoms with Gasteiger partial charge in [-0.25, -0.2) is 0 Å². The smallest absolute Gasteiger partial charge is 0.310 e. The fourth-order valence-corrected chi connectivity index (χ4v) is 2.69. The van der Waals surface area contributed by atoms with Crippen LogP contribution in [0.4, 0.5) is 0 Å². The third-order valence-electron chi connectivity index (χ3n) is 3.73. The van der Waals surface area contributed by atoms with Crippen molar-refractivity contribution in [2.45, 2.75) is 26.7 Å². The van der Waals surface area contributed by atoms with Crippen LogP contribution in [0.2, 0.25) is 5.02 Å². The minimum absolute atomic E-state index is 0.0521. The summed E-state index contributed by atoms with van der Waals surface area (Å²) in [6.07, 6.45) is 1.60. The molecule has 0 radical (unpaired) electrons. The lowest BCUT2D eigenvalue weighted by molar-refractivity contribution is -0.149. The first kappa shape index (κ1) is 15.8. The lowest BCUT2D eigenvalue weighted by Gasteiger charge is -2.31. The summed E-state index contributed by atoms with van der Waals surface area (Å²) in [5.74, 6) is -0.470. The Bertz CT molecular complexity index is 544. The van der Waals surface area contributed by atoms with Crippen molar-refractivity contribution < 1.29 is 14.3 Å². The lowest BCUT2D eigenvalue weighted by Crippen LogP contribution is -2.42. The molecule has 1 atom stereocenters. The Kier molecular flexibility index (Phi) is 5.23. The number of aryl methyl sites for hydroxylation is 1. The first-order chi connectivity index (χ1) is 10.0. The first-order valence-electron chi connectivity index (χ1n) is 7.25. The molecule has 0 saturated carbocycles. The van der Waals surface area contributed by atoms with Crippen LogP contribution in [0.15, 0.2) is 18.2 Å². The Balaban J connectivity index is 2.08. The number of likely N-dealkylation sites (tertiary alicyclic amines) is 1. The molecule has 1 amide bonds. The normalized spacial score (nSPS) is 18.4. The van der Waals surface area contributed by atoms with Gasteiger partial charge in [-0.05, 0) is 50.5 Å². The third-order valence-corrected chi connectivity index (χ3v) is 4.16. The first-order valence-corrected chi connectivity index (χ1v) is 7.62. The molecule has 5 heteroatoms. The predicted octanol–water partition coefficient (Wildman–Crippen LogP) is 3.06. The van der Waals surface area contributed by atoms with E-state index in [-0.39, 0.29) is 17.8 Å².